The summed E-state index contributed by atoms with van der Waals surface area (Å²) in [6, 6.07) is 0. The van der Waals surface area contributed by atoms with Gasteiger partial charge in [0.2, 0.25) is 0 Å². The molecule has 0 rings (SSSR count). The standard InChI is InChI=1S/C16H33N/c1-11-12(14(2,3)4)13(15(5,6)7)17-16(8,9)10/h17H,11H2,1-10H3/b13-12+. The molecule has 0 unspecified atom stereocenters. The first-order chi connectivity index (χ1) is 7.29. The second kappa shape index (κ2) is 5.04. The average molecular weight is 239 g/mol. The molecule has 0 heterocycles. The average Bonchev–Trinajstić information content (AvgIpc) is 1.96. The van der Waals surface area contributed by atoms with Crippen LogP contribution in [0.4, 0.5) is 0 Å². The molecule has 0 amide bonds. The van der Waals surface area contributed by atoms with E-state index in [4.69, 9.17) is 0 Å². The highest BCUT2D eigenvalue weighted by Crippen LogP contribution is 2.37. The Kier molecular flexibility index (Phi) is 4.90. The second-order valence-electron chi connectivity index (χ2n) is 8.08. The fourth-order valence-electron chi connectivity index (χ4n) is 2.17. The summed E-state index contributed by atoms with van der Waals surface area (Å²) in [7, 11) is 0. The third-order valence-corrected chi connectivity index (χ3v) is 2.81. The van der Waals surface area contributed by atoms with Crippen LogP contribution < -0.4 is 5.32 Å². The first-order valence-corrected chi connectivity index (χ1v) is 6.81. The van der Waals surface area contributed by atoms with Gasteiger partial charge in [0, 0.05) is 16.7 Å². The highest BCUT2D eigenvalue weighted by atomic mass is 15.0. The molecule has 0 aromatic heterocycles. The Morgan fingerprint density at radius 1 is 0.765 bits per heavy atom. The SMILES string of the molecule is CC/C(=C(\NC(C)(C)C)C(C)(C)C)C(C)(C)C. The van der Waals surface area contributed by atoms with Crippen LogP contribution in [-0.4, -0.2) is 5.54 Å². The molecule has 0 atom stereocenters. The highest BCUT2D eigenvalue weighted by molar-refractivity contribution is 5.24. The number of rotatable bonds is 2. The molecular weight excluding hydrogens is 206 g/mol. The largest absolute Gasteiger partial charge is 0.383 e. The first kappa shape index (κ1) is 16.5. The minimum Gasteiger partial charge on any atom is -0.383 e. The Balaban J connectivity index is 5.66. The number of allylic oxidation sites excluding steroid dienone is 2. The molecule has 1 N–H and O–H groups in total. The van der Waals surface area contributed by atoms with E-state index in [0.29, 0.717) is 0 Å². The van der Waals surface area contributed by atoms with Crippen molar-refractivity contribution in [2.45, 2.75) is 81.2 Å². The number of nitrogens with one attached hydrogen (secondary N) is 1. The Labute approximate surface area is 109 Å². The van der Waals surface area contributed by atoms with Crippen LogP contribution in [0, 0.1) is 10.8 Å². The summed E-state index contributed by atoms with van der Waals surface area (Å²) in [4.78, 5) is 0. The van der Waals surface area contributed by atoms with Crippen molar-refractivity contribution < 1.29 is 0 Å². The van der Waals surface area contributed by atoms with Gasteiger partial charge in [-0.3, -0.25) is 0 Å². The second-order valence-corrected chi connectivity index (χ2v) is 8.08. The third kappa shape index (κ3) is 5.61. The van der Waals surface area contributed by atoms with E-state index in [0.717, 1.165) is 6.42 Å². The lowest BCUT2D eigenvalue weighted by molar-refractivity contribution is 0.354. The van der Waals surface area contributed by atoms with Gasteiger partial charge in [0.25, 0.3) is 0 Å². The van der Waals surface area contributed by atoms with Gasteiger partial charge in [0.1, 0.15) is 0 Å². The van der Waals surface area contributed by atoms with E-state index < -0.39 is 0 Å². The molecule has 0 aromatic rings. The summed E-state index contributed by atoms with van der Waals surface area (Å²) < 4.78 is 0. The Morgan fingerprint density at radius 2 is 1.18 bits per heavy atom. The van der Waals surface area contributed by atoms with Gasteiger partial charge in [-0.1, -0.05) is 48.5 Å². The first-order valence-electron chi connectivity index (χ1n) is 6.81. The molecule has 1 heteroatoms. The topological polar surface area (TPSA) is 12.0 Å². The molecule has 1 nitrogen and oxygen atoms in total. The zero-order chi connectivity index (χ0) is 14.1. The van der Waals surface area contributed by atoms with Crippen LogP contribution in [0.1, 0.15) is 75.7 Å². The minimum absolute atomic E-state index is 0.119. The Bertz CT molecular complexity index is 276. The van der Waals surface area contributed by atoms with E-state index in [1.165, 1.54) is 5.70 Å². The van der Waals surface area contributed by atoms with Gasteiger partial charge in [-0.05, 0) is 38.2 Å². The molecule has 0 spiro atoms. The maximum Gasteiger partial charge on any atom is 0.0286 e. The van der Waals surface area contributed by atoms with Crippen molar-refractivity contribution >= 4 is 0 Å². The van der Waals surface area contributed by atoms with Crippen LogP contribution in [0.25, 0.3) is 0 Å². The van der Waals surface area contributed by atoms with E-state index in [1.807, 2.05) is 0 Å². The van der Waals surface area contributed by atoms with Gasteiger partial charge in [0.15, 0.2) is 0 Å². The normalized spacial score (nSPS) is 15.6. The molecule has 0 aliphatic heterocycles. The zero-order valence-corrected chi connectivity index (χ0v) is 13.7. The van der Waals surface area contributed by atoms with Gasteiger partial charge >= 0.3 is 0 Å². The third-order valence-electron chi connectivity index (χ3n) is 2.81. The van der Waals surface area contributed by atoms with Crippen molar-refractivity contribution in [2.75, 3.05) is 0 Å². The van der Waals surface area contributed by atoms with Gasteiger partial charge in [-0.25, -0.2) is 0 Å². The molecule has 0 aromatic carbocycles. The van der Waals surface area contributed by atoms with E-state index in [9.17, 15) is 0 Å². The van der Waals surface area contributed by atoms with E-state index >= 15 is 0 Å². The van der Waals surface area contributed by atoms with E-state index in [-0.39, 0.29) is 16.4 Å². The van der Waals surface area contributed by atoms with Crippen molar-refractivity contribution in [3.63, 3.8) is 0 Å². The van der Waals surface area contributed by atoms with Gasteiger partial charge in [0.05, 0.1) is 0 Å². The minimum atomic E-state index is 0.119. The van der Waals surface area contributed by atoms with Gasteiger partial charge in [-0.2, -0.15) is 0 Å². The van der Waals surface area contributed by atoms with Crippen molar-refractivity contribution in [3.05, 3.63) is 11.3 Å². The van der Waals surface area contributed by atoms with Crippen LogP contribution in [0.5, 0.6) is 0 Å². The Hall–Kier alpha value is -0.460. The summed E-state index contributed by atoms with van der Waals surface area (Å²) in [6.07, 6.45) is 1.11. The summed E-state index contributed by atoms with van der Waals surface area (Å²) in [5.41, 5.74) is 3.48. The van der Waals surface area contributed by atoms with Crippen LogP contribution in [0.3, 0.4) is 0 Å². The summed E-state index contributed by atoms with van der Waals surface area (Å²) in [6.45, 7) is 22.8. The van der Waals surface area contributed by atoms with Crippen LogP contribution in [0.2, 0.25) is 0 Å². The van der Waals surface area contributed by atoms with Crippen molar-refractivity contribution in [1.82, 2.24) is 5.32 Å². The lowest BCUT2D eigenvalue weighted by atomic mass is 9.76. The maximum atomic E-state index is 3.73. The highest BCUT2D eigenvalue weighted by Gasteiger charge is 2.29. The van der Waals surface area contributed by atoms with Crippen LogP contribution in [0.15, 0.2) is 11.3 Å². The lowest BCUT2D eigenvalue weighted by Crippen LogP contribution is -2.41. The molecule has 0 aliphatic carbocycles. The quantitative estimate of drug-likeness (QED) is 0.704. The van der Waals surface area contributed by atoms with Crippen LogP contribution in [-0.2, 0) is 0 Å². The summed E-state index contributed by atoms with van der Waals surface area (Å²) in [5.74, 6) is 0. The summed E-state index contributed by atoms with van der Waals surface area (Å²) in [5, 5.41) is 3.73. The molecule has 0 radical (unpaired) electrons. The predicted molar refractivity (Wildman–Crippen MR) is 79.1 cm³/mol. The number of hydrogen-bond acceptors (Lipinski definition) is 1. The summed E-state index contributed by atoms with van der Waals surface area (Å²) >= 11 is 0. The lowest BCUT2D eigenvalue weighted by Gasteiger charge is -2.38. The van der Waals surface area contributed by atoms with E-state index in [1.54, 1.807) is 5.57 Å². The van der Waals surface area contributed by atoms with Gasteiger partial charge < -0.3 is 5.32 Å². The van der Waals surface area contributed by atoms with Crippen LogP contribution >= 0.6 is 0 Å². The predicted octanol–water partition coefficient (Wildman–Crippen LogP) is 5.13. The molecule has 0 saturated heterocycles. The fourth-order valence-corrected chi connectivity index (χ4v) is 2.17. The maximum absolute atomic E-state index is 3.73. The van der Waals surface area contributed by atoms with E-state index in [2.05, 4.69) is 74.6 Å². The van der Waals surface area contributed by atoms with Crippen molar-refractivity contribution in [3.8, 4) is 0 Å². The molecular formula is C16H33N. The smallest absolute Gasteiger partial charge is 0.0286 e. The molecule has 102 valence electrons. The molecule has 0 aliphatic rings. The number of hydrogen-bond donors (Lipinski definition) is 1. The van der Waals surface area contributed by atoms with Crippen molar-refractivity contribution in [1.29, 1.82) is 0 Å². The Morgan fingerprint density at radius 3 is 1.35 bits per heavy atom. The molecule has 0 fully saturated rings. The molecule has 17 heavy (non-hydrogen) atoms. The zero-order valence-electron chi connectivity index (χ0n) is 13.7. The van der Waals surface area contributed by atoms with Gasteiger partial charge in [-0.15, -0.1) is 0 Å². The molecule has 0 bridgehead atoms. The fraction of sp³-hybridized carbons (Fsp3) is 0.875. The molecule has 0 saturated carbocycles. The van der Waals surface area contributed by atoms with Crippen molar-refractivity contribution in [2.24, 2.45) is 10.8 Å². The monoisotopic (exact) mass is 239 g/mol.